The van der Waals surface area contributed by atoms with E-state index in [1.54, 1.807) is 4.90 Å². The maximum atomic E-state index is 12.0. The normalized spacial score (nSPS) is 16.1. The van der Waals surface area contributed by atoms with Gasteiger partial charge in [-0.2, -0.15) is 0 Å². The first-order valence-electron chi connectivity index (χ1n) is 5.21. The number of rotatable bonds is 1. The third kappa shape index (κ3) is 1.94. The van der Waals surface area contributed by atoms with Crippen LogP contribution in [0.25, 0.3) is 0 Å². The Balaban J connectivity index is 2.26. The van der Waals surface area contributed by atoms with Crippen LogP contribution in [0.3, 0.4) is 0 Å². The summed E-state index contributed by atoms with van der Waals surface area (Å²) in [5.41, 5.74) is -0.00981. The molecule has 0 bridgehead atoms. The third-order valence-corrected chi connectivity index (χ3v) is 2.64. The highest BCUT2D eigenvalue weighted by molar-refractivity contribution is 5.99. The fraction of sp³-hybridized carbons (Fsp3) is 0.364. The fourth-order valence-electron chi connectivity index (χ4n) is 1.77. The summed E-state index contributed by atoms with van der Waals surface area (Å²) in [6, 6.07) is 4.30. The summed E-state index contributed by atoms with van der Waals surface area (Å²) in [5.74, 6) is -0.677. The smallest absolute Gasteiger partial charge is 0.261 e. The minimum absolute atomic E-state index is 0.00981. The zero-order valence-corrected chi connectivity index (χ0v) is 8.81. The van der Waals surface area contributed by atoms with Crippen molar-refractivity contribution in [3.63, 3.8) is 0 Å². The van der Waals surface area contributed by atoms with E-state index in [0.717, 1.165) is 13.1 Å². The Morgan fingerprint density at radius 2 is 1.75 bits per heavy atom. The Morgan fingerprint density at radius 1 is 1.19 bits per heavy atom. The van der Waals surface area contributed by atoms with Gasteiger partial charge in [-0.1, -0.05) is 6.07 Å². The molecule has 0 saturated carbocycles. The summed E-state index contributed by atoms with van der Waals surface area (Å²) in [4.78, 5) is 13.6. The van der Waals surface area contributed by atoms with Gasteiger partial charge in [0.15, 0.2) is 0 Å². The van der Waals surface area contributed by atoms with Gasteiger partial charge in [-0.3, -0.25) is 4.79 Å². The first kappa shape index (κ1) is 10.8. The molecule has 1 fully saturated rings. The van der Waals surface area contributed by atoms with Crippen LogP contribution in [0.1, 0.15) is 10.4 Å². The maximum absolute atomic E-state index is 12.0. The van der Waals surface area contributed by atoms with Gasteiger partial charge in [-0.25, -0.2) is 0 Å². The molecule has 1 aliphatic heterocycles. The molecule has 0 spiro atoms. The monoisotopic (exact) mass is 222 g/mol. The molecule has 5 heteroatoms. The molecule has 16 heavy (non-hydrogen) atoms. The molecule has 0 unspecified atom stereocenters. The van der Waals surface area contributed by atoms with Crippen molar-refractivity contribution >= 4 is 5.91 Å². The van der Waals surface area contributed by atoms with Gasteiger partial charge in [-0.15, -0.1) is 0 Å². The summed E-state index contributed by atoms with van der Waals surface area (Å²) in [6.07, 6.45) is 0. The molecule has 0 aromatic heterocycles. The third-order valence-electron chi connectivity index (χ3n) is 2.64. The topological polar surface area (TPSA) is 72.8 Å². The van der Waals surface area contributed by atoms with Gasteiger partial charge >= 0.3 is 0 Å². The van der Waals surface area contributed by atoms with Gasteiger partial charge < -0.3 is 20.4 Å². The van der Waals surface area contributed by atoms with Crippen molar-refractivity contribution in [3.05, 3.63) is 23.8 Å². The molecule has 1 aromatic rings. The van der Waals surface area contributed by atoms with E-state index >= 15 is 0 Å². The Bertz CT molecular complexity index is 380. The van der Waals surface area contributed by atoms with Gasteiger partial charge in [0.05, 0.1) is 0 Å². The number of hydrogen-bond acceptors (Lipinski definition) is 4. The first-order valence-corrected chi connectivity index (χ1v) is 5.21. The maximum Gasteiger partial charge on any atom is 0.261 e. The molecular weight excluding hydrogens is 208 g/mol. The van der Waals surface area contributed by atoms with Crippen LogP contribution in [0.4, 0.5) is 0 Å². The van der Waals surface area contributed by atoms with E-state index in [1.807, 2.05) is 0 Å². The van der Waals surface area contributed by atoms with Gasteiger partial charge in [0.25, 0.3) is 5.91 Å². The van der Waals surface area contributed by atoms with Crippen molar-refractivity contribution in [3.8, 4) is 11.5 Å². The number of carbonyl (C=O) groups is 1. The van der Waals surface area contributed by atoms with Crippen molar-refractivity contribution in [2.45, 2.75) is 0 Å². The average molecular weight is 222 g/mol. The molecule has 2 rings (SSSR count). The first-order chi connectivity index (χ1) is 7.70. The quantitative estimate of drug-likeness (QED) is 0.632. The lowest BCUT2D eigenvalue weighted by molar-refractivity contribution is 0.0729. The number of phenols is 2. The van der Waals surface area contributed by atoms with E-state index in [-0.39, 0.29) is 23.0 Å². The van der Waals surface area contributed by atoms with E-state index in [4.69, 9.17) is 0 Å². The molecule has 0 aliphatic carbocycles. The molecular formula is C11H14N2O3. The fourth-order valence-corrected chi connectivity index (χ4v) is 1.77. The van der Waals surface area contributed by atoms with Crippen LogP contribution in [0.2, 0.25) is 0 Å². The van der Waals surface area contributed by atoms with E-state index in [2.05, 4.69) is 5.32 Å². The predicted octanol–water partition coefficient (Wildman–Crippen LogP) is 0.143. The van der Waals surface area contributed by atoms with Crippen molar-refractivity contribution in [2.75, 3.05) is 26.2 Å². The number of carbonyl (C=O) groups excluding carboxylic acids is 1. The van der Waals surface area contributed by atoms with Crippen molar-refractivity contribution in [1.82, 2.24) is 10.2 Å². The lowest BCUT2D eigenvalue weighted by Gasteiger charge is -2.27. The van der Waals surface area contributed by atoms with Crippen molar-refractivity contribution in [1.29, 1.82) is 0 Å². The minimum atomic E-state index is -0.322. The second-order valence-electron chi connectivity index (χ2n) is 3.71. The van der Waals surface area contributed by atoms with Gasteiger partial charge in [-0.05, 0) is 12.1 Å². The van der Waals surface area contributed by atoms with Crippen LogP contribution in [0, 0.1) is 0 Å². The summed E-state index contributed by atoms with van der Waals surface area (Å²) < 4.78 is 0. The standard InChI is InChI=1S/C11H14N2O3/c14-8-2-1-3-9(15)10(8)11(16)13-6-4-12-5-7-13/h1-3,12,14-15H,4-7H2. The highest BCUT2D eigenvalue weighted by atomic mass is 16.3. The largest absolute Gasteiger partial charge is 0.507 e. The van der Waals surface area contributed by atoms with Crippen LogP contribution in [-0.2, 0) is 0 Å². The number of phenolic OH excluding ortho intramolecular Hbond substituents is 2. The van der Waals surface area contributed by atoms with E-state index in [1.165, 1.54) is 18.2 Å². The highest BCUT2D eigenvalue weighted by Crippen LogP contribution is 2.27. The SMILES string of the molecule is O=C(c1c(O)cccc1O)N1CCNCC1. The number of aromatic hydroxyl groups is 2. The molecule has 1 aliphatic rings. The molecule has 0 atom stereocenters. The van der Waals surface area contributed by atoms with E-state index < -0.39 is 0 Å². The molecule has 0 radical (unpaired) electrons. The Morgan fingerprint density at radius 3 is 2.31 bits per heavy atom. The summed E-state index contributed by atoms with van der Waals surface area (Å²) >= 11 is 0. The predicted molar refractivity (Wildman–Crippen MR) is 58.5 cm³/mol. The van der Waals surface area contributed by atoms with E-state index in [0.29, 0.717) is 13.1 Å². The molecule has 1 heterocycles. The number of nitrogens with zero attached hydrogens (tertiary/aromatic N) is 1. The number of hydrogen-bond donors (Lipinski definition) is 3. The number of nitrogens with one attached hydrogen (secondary N) is 1. The molecule has 3 N–H and O–H groups in total. The number of piperazine rings is 1. The van der Waals surface area contributed by atoms with Crippen LogP contribution in [-0.4, -0.2) is 47.2 Å². The summed E-state index contributed by atoms with van der Waals surface area (Å²) in [6.45, 7) is 2.65. The second kappa shape index (κ2) is 4.40. The molecule has 1 aromatic carbocycles. The van der Waals surface area contributed by atoms with Gasteiger partial charge in [0, 0.05) is 26.2 Å². The Hall–Kier alpha value is -1.75. The van der Waals surface area contributed by atoms with Crippen LogP contribution in [0.15, 0.2) is 18.2 Å². The average Bonchev–Trinajstić information content (AvgIpc) is 2.30. The van der Waals surface area contributed by atoms with Crippen LogP contribution in [0.5, 0.6) is 11.5 Å². The van der Waals surface area contributed by atoms with E-state index in [9.17, 15) is 15.0 Å². The molecule has 86 valence electrons. The summed E-state index contributed by atoms with van der Waals surface area (Å²) in [5, 5.41) is 22.3. The van der Waals surface area contributed by atoms with Crippen LogP contribution >= 0.6 is 0 Å². The van der Waals surface area contributed by atoms with Crippen molar-refractivity contribution in [2.24, 2.45) is 0 Å². The molecule has 1 amide bonds. The zero-order valence-electron chi connectivity index (χ0n) is 8.81. The second-order valence-corrected chi connectivity index (χ2v) is 3.71. The van der Waals surface area contributed by atoms with Gasteiger partial charge in [0.2, 0.25) is 0 Å². The summed E-state index contributed by atoms with van der Waals surface area (Å²) in [7, 11) is 0. The lowest BCUT2D eigenvalue weighted by Crippen LogP contribution is -2.46. The molecule has 1 saturated heterocycles. The Kier molecular flexibility index (Phi) is 2.96. The Labute approximate surface area is 93.3 Å². The highest BCUT2D eigenvalue weighted by Gasteiger charge is 2.23. The van der Waals surface area contributed by atoms with Crippen LogP contribution < -0.4 is 5.32 Å². The zero-order chi connectivity index (χ0) is 11.5. The van der Waals surface area contributed by atoms with Gasteiger partial charge in [0.1, 0.15) is 17.1 Å². The molecule has 5 nitrogen and oxygen atoms in total. The number of amides is 1. The van der Waals surface area contributed by atoms with Crippen molar-refractivity contribution < 1.29 is 15.0 Å². The lowest BCUT2D eigenvalue weighted by atomic mass is 10.1. The minimum Gasteiger partial charge on any atom is -0.507 e. The number of benzene rings is 1.